The summed E-state index contributed by atoms with van der Waals surface area (Å²) in [5.41, 5.74) is 2.88. The molecule has 0 bridgehead atoms. The largest absolute Gasteiger partial charge is 0.364 e. The first-order valence-corrected chi connectivity index (χ1v) is 11.5. The van der Waals surface area contributed by atoms with E-state index < -0.39 is 0 Å². The number of fused-ring (bicyclic) bond motifs is 1. The molecule has 1 aromatic carbocycles. The van der Waals surface area contributed by atoms with E-state index in [0.29, 0.717) is 40.4 Å². The molecule has 6 nitrogen and oxygen atoms in total. The zero-order valence-electron chi connectivity index (χ0n) is 19.2. The molecule has 33 heavy (non-hydrogen) atoms. The summed E-state index contributed by atoms with van der Waals surface area (Å²) in [6.45, 7) is 7.59. The molecule has 8 heteroatoms. The molecule has 3 heterocycles. The van der Waals surface area contributed by atoms with Crippen molar-refractivity contribution in [2.24, 2.45) is 7.05 Å². The SMILES string of the molecule is CC[C@@H]1CN(c2cc(=O)n(C)c3ccc(C#N)nc23)[C@@H](C)CN1C(C)c1ccc(Cl)cc1F. The van der Waals surface area contributed by atoms with Crippen molar-refractivity contribution in [2.75, 3.05) is 18.0 Å². The molecule has 0 N–H and O–H groups in total. The molecule has 0 radical (unpaired) electrons. The highest BCUT2D eigenvalue weighted by molar-refractivity contribution is 6.30. The van der Waals surface area contributed by atoms with Gasteiger partial charge in [0.05, 0.1) is 11.2 Å². The van der Waals surface area contributed by atoms with Gasteiger partial charge in [-0.2, -0.15) is 5.26 Å². The Balaban J connectivity index is 1.73. The van der Waals surface area contributed by atoms with Gasteiger partial charge in [-0.1, -0.05) is 24.6 Å². The van der Waals surface area contributed by atoms with Crippen molar-refractivity contribution in [1.82, 2.24) is 14.5 Å². The first kappa shape index (κ1) is 23.2. The molecule has 0 spiro atoms. The third-order valence-electron chi connectivity index (χ3n) is 6.76. The second-order valence-corrected chi connectivity index (χ2v) is 9.14. The van der Waals surface area contributed by atoms with Crippen LogP contribution in [0.3, 0.4) is 0 Å². The third kappa shape index (κ3) is 4.21. The lowest BCUT2D eigenvalue weighted by molar-refractivity contribution is 0.104. The fraction of sp³-hybridized carbons (Fsp3) is 0.400. The Bertz CT molecular complexity index is 1300. The van der Waals surface area contributed by atoms with Crippen LogP contribution in [0.2, 0.25) is 5.02 Å². The summed E-state index contributed by atoms with van der Waals surface area (Å²) in [5.74, 6) is -0.300. The maximum Gasteiger partial charge on any atom is 0.252 e. The monoisotopic (exact) mass is 467 g/mol. The predicted molar refractivity (Wildman–Crippen MR) is 129 cm³/mol. The first-order valence-electron chi connectivity index (χ1n) is 11.1. The van der Waals surface area contributed by atoms with Crippen molar-refractivity contribution in [3.05, 3.63) is 68.8 Å². The minimum absolute atomic E-state index is 0.0495. The minimum atomic E-state index is -0.300. The number of anilines is 1. The molecule has 3 atom stereocenters. The molecule has 1 aliphatic heterocycles. The van der Waals surface area contributed by atoms with Crippen LogP contribution in [0.25, 0.3) is 11.0 Å². The number of aryl methyl sites for hydroxylation is 1. The van der Waals surface area contributed by atoms with Crippen LogP contribution in [-0.2, 0) is 7.05 Å². The number of pyridine rings is 2. The minimum Gasteiger partial charge on any atom is -0.364 e. The summed E-state index contributed by atoms with van der Waals surface area (Å²) in [6, 6.07) is 12.0. The number of halogens is 2. The average molecular weight is 468 g/mol. The fourth-order valence-electron chi connectivity index (χ4n) is 4.85. The third-order valence-corrected chi connectivity index (χ3v) is 6.99. The lowest BCUT2D eigenvalue weighted by atomic mass is 9.97. The van der Waals surface area contributed by atoms with Gasteiger partial charge >= 0.3 is 0 Å². The van der Waals surface area contributed by atoms with E-state index in [0.717, 1.165) is 12.1 Å². The molecular formula is C25H27ClFN5O. The van der Waals surface area contributed by atoms with Crippen LogP contribution in [0.1, 0.15) is 44.5 Å². The average Bonchev–Trinajstić information content (AvgIpc) is 2.80. The first-order chi connectivity index (χ1) is 15.7. The molecule has 1 aliphatic rings. The van der Waals surface area contributed by atoms with Crippen LogP contribution >= 0.6 is 11.6 Å². The number of benzene rings is 1. The van der Waals surface area contributed by atoms with E-state index in [9.17, 15) is 14.4 Å². The van der Waals surface area contributed by atoms with Crippen LogP contribution in [0.5, 0.6) is 0 Å². The van der Waals surface area contributed by atoms with E-state index in [2.05, 4.69) is 34.7 Å². The van der Waals surface area contributed by atoms with E-state index in [1.165, 1.54) is 6.07 Å². The molecular weight excluding hydrogens is 441 g/mol. The van der Waals surface area contributed by atoms with Gasteiger partial charge in [-0.25, -0.2) is 9.37 Å². The van der Waals surface area contributed by atoms with Gasteiger partial charge in [0.25, 0.3) is 5.56 Å². The van der Waals surface area contributed by atoms with Gasteiger partial charge in [0.2, 0.25) is 0 Å². The van der Waals surface area contributed by atoms with Gasteiger partial charge in [0, 0.05) is 54.9 Å². The Kier molecular flexibility index (Phi) is 6.42. The highest BCUT2D eigenvalue weighted by Gasteiger charge is 2.35. The zero-order valence-corrected chi connectivity index (χ0v) is 20.0. The number of hydrogen-bond donors (Lipinski definition) is 0. The maximum atomic E-state index is 14.7. The van der Waals surface area contributed by atoms with Crippen molar-refractivity contribution in [2.45, 2.75) is 45.3 Å². The molecule has 0 amide bonds. The van der Waals surface area contributed by atoms with Gasteiger partial charge in [-0.3, -0.25) is 9.69 Å². The predicted octanol–water partition coefficient (Wildman–Crippen LogP) is 4.65. The molecule has 4 rings (SSSR count). The van der Waals surface area contributed by atoms with E-state index in [1.54, 1.807) is 41.9 Å². The second kappa shape index (κ2) is 9.12. The summed E-state index contributed by atoms with van der Waals surface area (Å²) in [6.07, 6.45) is 0.864. The Morgan fingerprint density at radius 1 is 1.27 bits per heavy atom. The number of rotatable bonds is 4. The van der Waals surface area contributed by atoms with Crippen molar-refractivity contribution < 1.29 is 4.39 Å². The Morgan fingerprint density at radius 3 is 2.70 bits per heavy atom. The lowest BCUT2D eigenvalue weighted by Crippen LogP contribution is -2.58. The quantitative estimate of drug-likeness (QED) is 0.559. The molecule has 0 saturated carbocycles. The van der Waals surface area contributed by atoms with Crippen molar-refractivity contribution >= 4 is 28.3 Å². The van der Waals surface area contributed by atoms with E-state index >= 15 is 0 Å². The number of aromatic nitrogens is 2. The fourth-order valence-corrected chi connectivity index (χ4v) is 5.01. The standard InChI is InChI=1S/C25H27ClFN5O/c1-5-19-14-31(15(2)13-32(19)16(3)20-8-6-17(26)10-21(20)27)23-11-24(33)30(4)22-9-7-18(12-28)29-25(22)23/h6-11,15-16,19H,5,13-14H2,1-4H3/t15-,16?,19+/m0/s1. The van der Waals surface area contributed by atoms with E-state index in [4.69, 9.17) is 11.6 Å². The van der Waals surface area contributed by atoms with E-state index in [1.807, 2.05) is 6.92 Å². The molecule has 172 valence electrons. The number of nitrogens with zero attached hydrogens (tertiary/aromatic N) is 5. The summed E-state index contributed by atoms with van der Waals surface area (Å²) < 4.78 is 16.2. The Morgan fingerprint density at radius 2 is 2.03 bits per heavy atom. The number of nitriles is 1. The Labute approximate surface area is 197 Å². The van der Waals surface area contributed by atoms with Gasteiger partial charge in [0.15, 0.2) is 0 Å². The highest BCUT2D eigenvalue weighted by atomic mass is 35.5. The van der Waals surface area contributed by atoms with Crippen LogP contribution in [-0.4, -0.2) is 39.6 Å². The molecule has 2 aromatic heterocycles. The number of hydrogen-bond acceptors (Lipinski definition) is 5. The lowest BCUT2D eigenvalue weighted by Gasteiger charge is -2.48. The molecule has 1 unspecified atom stereocenters. The maximum absolute atomic E-state index is 14.7. The zero-order chi connectivity index (χ0) is 23.9. The number of piperazine rings is 1. The highest BCUT2D eigenvalue weighted by Crippen LogP contribution is 2.34. The van der Waals surface area contributed by atoms with E-state index in [-0.39, 0.29) is 29.5 Å². The van der Waals surface area contributed by atoms with Gasteiger partial charge in [0.1, 0.15) is 23.1 Å². The molecule has 1 saturated heterocycles. The van der Waals surface area contributed by atoms with Gasteiger partial charge in [-0.05, 0) is 44.5 Å². The van der Waals surface area contributed by atoms with Crippen LogP contribution in [0.4, 0.5) is 10.1 Å². The summed E-state index contributed by atoms with van der Waals surface area (Å²) in [7, 11) is 1.71. The van der Waals surface area contributed by atoms with Gasteiger partial charge < -0.3 is 9.47 Å². The summed E-state index contributed by atoms with van der Waals surface area (Å²) in [5, 5.41) is 9.74. The second-order valence-electron chi connectivity index (χ2n) is 8.70. The van der Waals surface area contributed by atoms with Crippen LogP contribution < -0.4 is 10.5 Å². The Hall–Kier alpha value is -2.95. The molecule has 0 aliphatic carbocycles. The summed E-state index contributed by atoms with van der Waals surface area (Å²) >= 11 is 5.95. The molecule has 3 aromatic rings. The van der Waals surface area contributed by atoms with Crippen molar-refractivity contribution in [3.63, 3.8) is 0 Å². The smallest absolute Gasteiger partial charge is 0.252 e. The van der Waals surface area contributed by atoms with Gasteiger partial charge in [-0.15, -0.1) is 0 Å². The van der Waals surface area contributed by atoms with Crippen LogP contribution in [0.15, 0.2) is 41.2 Å². The van der Waals surface area contributed by atoms with Crippen molar-refractivity contribution in [1.29, 1.82) is 5.26 Å². The molecule has 1 fully saturated rings. The summed E-state index contributed by atoms with van der Waals surface area (Å²) in [4.78, 5) is 21.8. The van der Waals surface area contributed by atoms with Crippen LogP contribution in [0, 0.1) is 17.1 Å². The topological polar surface area (TPSA) is 65.2 Å². The normalized spacial score (nSPS) is 20.1. The van der Waals surface area contributed by atoms with Crippen molar-refractivity contribution in [3.8, 4) is 6.07 Å².